The van der Waals surface area contributed by atoms with Crippen LogP contribution in [0.3, 0.4) is 0 Å². The summed E-state index contributed by atoms with van der Waals surface area (Å²) < 4.78 is 10.8. The molecule has 0 unspecified atom stereocenters. The smallest absolute Gasteiger partial charge is 0.231 e. The van der Waals surface area contributed by atoms with E-state index < -0.39 is 0 Å². The van der Waals surface area contributed by atoms with Crippen LogP contribution in [0, 0.1) is 6.92 Å². The Morgan fingerprint density at radius 3 is 2.83 bits per heavy atom. The molecule has 0 aliphatic carbocycles. The number of thioether (sulfide) groups is 1. The Labute approximate surface area is 144 Å². The fourth-order valence-electron chi connectivity index (χ4n) is 2.68. The van der Waals surface area contributed by atoms with Crippen LogP contribution in [-0.4, -0.2) is 23.0 Å². The Morgan fingerprint density at radius 2 is 1.96 bits per heavy atom. The van der Waals surface area contributed by atoms with E-state index >= 15 is 0 Å². The lowest BCUT2D eigenvalue weighted by atomic mass is 10.1. The minimum atomic E-state index is 0.291. The number of benzene rings is 2. The summed E-state index contributed by atoms with van der Waals surface area (Å²) in [7, 11) is 0. The van der Waals surface area contributed by atoms with Crippen molar-refractivity contribution in [2.24, 2.45) is 0 Å². The molecule has 1 aliphatic heterocycles. The molecular formula is C18H17N3O2S. The van der Waals surface area contributed by atoms with Gasteiger partial charge in [0, 0.05) is 11.9 Å². The molecule has 3 aromatic rings. The van der Waals surface area contributed by atoms with E-state index in [-0.39, 0.29) is 0 Å². The summed E-state index contributed by atoms with van der Waals surface area (Å²) in [5.41, 5.74) is 3.26. The summed E-state index contributed by atoms with van der Waals surface area (Å²) in [5.74, 6) is 2.44. The number of aryl methyl sites for hydroxylation is 1. The zero-order valence-electron chi connectivity index (χ0n) is 13.5. The molecule has 0 saturated carbocycles. The molecule has 5 nitrogen and oxygen atoms in total. The Balaban J connectivity index is 1.65. The zero-order valence-corrected chi connectivity index (χ0v) is 14.3. The van der Waals surface area contributed by atoms with E-state index in [1.807, 2.05) is 30.5 Å². The highest BCUT2D eigenvalue weighted by Crippen LogP contribution is 2.33. The summed E-state index contributed by atoms with van der Waals surface area (Å²) >= 11 is 1.54. The molecule has 0 amide bonds. The summed E-state index contributed by atoms with van der Waals surface area (Å²) in [4.78, 5) is 9.21. The van der Waals surface area contributed by atoms with E-state index in [0.717, 1.165) is 38.9 Å². The third-order valence-corrected chi connectivity index (χ3v) is 4.46. The fraction of sp³-hybridized carbons (Fsp3) is 0.222. The maximum atomic E-state index is 5.43. The molecule has 0 fully saturated rings. The molecule has 1 N–H and O–H groups in total. The lowest BCUT2D eigenvalue weighted by Gasteiger charge is -2.11. The number of anilines is 1. The summed E-state index contributed by atoms with van der Waals surface area (Å²) in [6, 6.07) is 12.2. The van der Waals surface area contributed by atoms with Crippen LogP contribution >= 0.6 is 11.8 Å². The first-order chi connectivity index (χ1) is 11.7. The van der Waals surface area contributed by atoms with Crippen molar-refractivity contribution in [3.05, 3.63) is 47.5 Å². The van der Waals surface area contributed by atoms with Gasteiger partial charge in [0.25, 0.3) is 0 Å². The minimum Gasteiger partial charge on any atom is -0.454 e. The van der Waals surface area contributed by atoms with Gasteiger partial charge in [-0.05, 0) is 43.0 Å². The van der Waals surface area contributed by atoms with Gasteiger partial charge in [0.2, 0.25) is 6.79 Å². The number of aromatic nitrogens is 2. The molecule has 0 bridgehead atoms. The maximum Gasteiger partial charge on any atom is 0.231 e. The standard InChI is InChI=1S/C18H17N3O2S/c1-11-3-5-14-13(7-11)17(21-18(20-14)24-2)19-9-12-4-6-15-16(8-12)23-10-22-15/h3-8H,9-10H2,1-2H3,(H,19,20,21). The second-order valence-electron chi connectivity index (χ2n) is 5.62. The van der Waals surface area contributed by atoms with Gasteiger partial charge < -0.3 is 14.8 Å². The van der Waals surface area contributed by atoms with Gasteiger partial charge in [0.15, 0.2) is 16.7 Å². The lowest BCUT2D eigenvalue weighted by Crippen LogP contribution is -2.04. The van der Waals surface area contributed by atoms with Gasteiger partial charge in [-0.1, -0.05) is 29.5 Å². The van der Waals surface area contributed by atoms with Gasteiger partial charge in [0.1, 0.15) is 5.82 Å². The van der Waals surface area contributed by atoms with E-state index in [2.05, 4.69) is 34.3 Å². The Morgan fingerprint density at radius 1 is 1.08 bits per heavy atom. The average molecular weight is 339 g/mol. The highest BCUT2D eigenvalue weighted by atomic mass is 32.2. The molecule has 2 heterocycles. The lowest BCUT2D eigenvalue weighted by molar-refractivity contribution is 0.174. The van der Waals surface area contributed by atoms with Crippen LogP contribution in [0.2, 0.25) is 0 Å². The van der Waals surface area contributed by atoms with Crippen LogP contribution in [0.25, 0.3) is 10.9 Å². The van der Waals surface area contributed by atoms with Gasteiger partial charge in [-0.15, -0.1) is 0 Å². The van der Waals surface area contributed by atoms with Crippen molar-refractivity contribution in [3.8, 4) is 11.5 Å². The van der Waals surface area contributed by atoms with Crippen molar-refractivity contribution in [3.63, 3.8) is 0 Å². The molecule has 6 heteroatoms. The van der Waals surface area contributed by atoms with Crippen LogP contribution in [0.5, 0.6) is 11.5 Å². The van der Waals surface area contributed by atoms with Crippen LogP contribution in [0.15, 0.2) is 41.6 Å². The van der Waals surface area contributed by atoms with E-state index in [1.54, 1.807) is 11.8 Å². The van der Waals surface area contributed by atoms with Crippen molar-refractivity contribution in [2.75, 3.05) is 18.4 Å². The molecule has 24 heavy (non-hydrogen) atoms. The second-order valence-corrected chi connectivity index (χ2v) is 6.39. The fourth-order valence-corrected chi connectivity index (χ4v) is 3.06. The van der Waals surface area contributed by atoms with Gasteiger partial charge in [-0.25, -0.2) is 9.97 Å². The third-order valence-electron chi connectivity index (χ3n) is 3.91. The normalized spacial score (nSPS) is 12.6. The second kappa shape index (κ2) is 6.20. The van der Waals surface area contributed by atoms with Gasteiger partial charge >= 0.3 is 0 Å². The van der Waals surface area contributed by atoms with Crippen LogP contribution in [0.4, 0.5) is 5.82 Å². The number of hydrogen-bond acceptors (Lipinski definition) is 6. The van der Waals surface area contributed by atoms with Crippen molar-refractivity contribution in [1.29, 1.82) is 0 Å². The molecule has 1 aliphatic rings. The van der Waals surface area contributed by atoms with Crippen molar-refractivity contribution < 1.29 is 9.47 Å². The molecule has 0 atom stereocenters. The third kappa shape index (κ3) is 2.85. The summed E-state index contributed by atoms with van der Waals surface area (Å²) in [6.07, 6.45) is 1.98. The van der Waals surface area contributed by atoms with Crippen LogP contribution in [-0.2, 0) is 6.54 Å². The van der Waals surface area contributed by atoms with Crippen LogP contribution in [0.1, 0.15) is 11.1 Å². The highest BCUT2D eigenvalue weighted by molar-refractivity contribution is 7.98. The number of hydrogen-bond donors (Lipinski definition) is 1. The maximum absolute atomic E-state index is 5.43. The molecule has 4 rings (SSSR count). The van der Waals surface area contributed by atoms with Gasteiger partial charge in [0.05, 0.1) is 5.52 Å². The minimum absolute atomic E-state index is 0.291. The number of nitrogens with one attached hydrogen (secondary N) is 1. The number of fused-ring (bicyclic) bond motifs is 2. The largest absolute Gasteiger partial charge is 0.454 e. The Hall–Kier alpha value is -2.47. The first-order valence-electron chi connectivity index (χ1n) is 7.68. The molecule has 0 saturated heterocycles. The first kappa shape index (κ1) is 15.1. The van der Waals surface area contributed by atoms with E-state index in [4.69, 9.17) is 9.47 Å². The average Bonchev–Trinajstić information content (AvgIpc) is 3.07. The van der Waals surface area contributed by atoms with Crippen molar-refractivity contribution >= 4 is 28.5 Å². The number of rotatable bonds is 4. The monoisotopic (exact) mass is 339 g/mol. The molecule has 1 aromatic heterocycles. The summed E-state index contributed by atoms with van der Waals surface area (Å²) in [6.45, 7) is 3.02. The van der Waals surface area contributed by atoms with Crippen LogP contribution < -0.4 is 14.8 Å². The SMILES string of the molecule is CSc1nc(NCc2ccc3c(c2)OCO3)c2cc(C)ccc2n1. The van der Waals surface area contributed by atoms with Gasteiger partial charge in [-0.2, -0.15) is 0 Å². The van der Waals surface area contributed by atoms with E-state index in [0.29, 0.717) is 13.3 Å². The topological polar surface area (TPSA) is 56.3 Å². The number of ether oxygens (including phenoxy) is 2. The zero-order chi connectivity index (χ0) is 16.5. The first-order valence-corrected chi connectivity index (χ1v) is 8.90. The van der Waals surface area contributed by atoms with E-state index in [1.165, 1.54) is 5.56 Å². The predicted octanol–water partition coefficient (Wildman–Crippen LogP) is 4.00. The quantitative estimate of drug-likeness (QED) is 0.573. The molecule has 0 radical (unpaired) electrons. The Kier molecular flexibility index (Phi) is 3.90. The molecule has 0 spiro atoms. The summed E-state index contributed by atoms with van der Waals surface area (Å²) in [5, 5.41) is 5.24. The van der Waals surface area contributed by atoms with Crippen molar-refractivity contribution in [2.45, 2.75) is 18.6 Å². The van der Waals surface area contributed by atoms with Gasteiger partial charge in [-0.3, -0.25) is 0 Å². The van der Waals surface area contributed by atoms with E-state index in [9.17, 15) is 0 Å². The molecule has 122 valence electrons. The molecule has 2 aromatic carbocycles. The Bertz CT molecular complexity index is 914. The predicted molar refractivity (Wildman–Crippen MR) is 95.9 cm³/mol. The molecular weight excluding hydrogens is 322 g/mol. The number of nitrogens with zero attached hydrogens (tertiary/aromatic N) is 2. The highest BCUT2D eigenvalue weighted by Gasteiger charge is 2.13. The van der Waals surface area contributed by atoms with Crippen molar-refractivity contribution in [1.82, 2.24) is 9.97 Å².